The molecule has 0 bridgehead atoms. The number of alkyl halides is 9. The number of carbonyl (C=O) groups is 1. The fourth-order valence-electron chi connectivity index (χ4n) is 4.06. The van der Waals surface area contributed by atoms with E-state index in [4.69, 9.17) is 4.74 Å². The largest absolute Gasteiger partial charge is 0.573 e. The lowest BCUT2D eigenvalue weighted by molar-refractivity contribution is -0.274. The molecular weight excluding hydrogens is 525 g/mol. The van der Waals surface area contributed by atoms with Crippen LogP contribution in [0.5, 0.6) is 11.5 Å². The summed E-state index contributed by atoms with van der Waals surface area (Å²) in [4.78, 5) is 13.0. The average Bonchev–Trinajstić information content (AvgIpc) is 3.04. The van der Waals surface area contributed by atoms with E-state index in [9.17, 15) is 44.3 Å². The number of amides is 1. The number of rotatable bonds is 7. The fourth-order valence-corrected chi connectivity index (χ4v) is 4.06. The molecule has 0 spiro atoms. The SMILES string of the molecule is Cc1c(C(=O)NC2CCC(C(F)(F)F)CC2)c(COc2cccc(OC(F)(F)F)c2)nn1CC(F)(F)F. The lowest BCUT2D eigenvalue weighted by atomic mass is 9.85. The molecule has 3 rings (SSSR count). The molecule has 2 aromatic rings. The van der Waals surface area contributed by atoms with Crippen LogP contribution in [0.25, 0.3) is 0 Å². The Bertz CT molecular complexity index is 1090. The van der Waals surface area contributed by atoms with Crippen LogP contribution in [0.1, 0.15) is 47.4 Å². The Balaban J connectivity index is 1.78. The number of aromatic nitrogens is 2. The quantitative estimate of drug-likeness (QED) is 0.427. The van der Waals surface area contributed by atoms with Crippen molar-refractivity contribution in [2.45, 2.75) is 70.5 Å². The summed E-state index contributed by atoms with van der Waals surface area (Å²) in [6, 6.07) is 3.73. The summed E-state index contributed by atoms with van der Waals surface area (Å²) in [5.74, 6) is -3.06. The maximum atomic E-state index is 13.0. The second-order valence-electron chi connectivity index (χ2n) is 8.55. The Labute approximate surface area is 204 Å². The van der Waals surface area contributed by atoms with Gasteiger partial charge in [0.05, 0.1) is 11.5 Å². The first-order valence-corrected chi connectivity index (χ1v) is 11.0. The van der Waals surface area contributed by atoms with E-state index in [1.54, 1.807) is 0 Å². The number of nitrogens with zero attached hydrogens (tertiary/aromatic N) is 2. The molecule has 1 amide bonds. The van der Waals surface area contributed by atoms with Crippen molar-refractivity contribution >= 4 is 5.91 Å². The van der Waals surface area contributed by atoms with Crippen molar-refractivity contribution in [1.29, 1.82) is 0 Å². The first kappa shape index (κ1) is 28.4. The summed E-state index contributed by atoms with van der Waals surface area (Å²) in [5.41, 5.74) is -0.651. The monoisotopic (exact) mass is 547 g/mol. The number of benzene rings is 1. The maximum absolute atomic E-state index is 13.0. The molecule has 0 unspecified atom stereocenters. The lowest BCUT2D eigenvalue weighted by Crippen LogP contribution is -2.40. The average molecular weight is 547 g/mol. The standard InChI is InChI=1S/C22H22F9N3O3/c1-12-18(19(35)32-14-7-5-13(6-8-14)21(26,27)28)17(33-34(12)11-20(23,24)25)10-36-15-3-2-4-16(9-15)37-22(29,30)31/h2-4,9,13-14H,5-8,10-11H2,1H3,(H,32,35). The molecule has 0 aliphatic heterocycles. The van der Waals surface area contributed by atoms with Crippen LogP contribution in [-0.2, 0) is 13.2 Å². The van der Waals surface area contributed by atoms with Crippen LogP contribution in [-0.4, -0.2) is 40.4 Å². The number of hydrogen-bond donors (Lipinski definition) is 1. The van der Waals surface area contributed by atoms with Crippen LogP contribution in [0, 0.1) is 12.8 Å². The van der Waals surface area contributed by atoms with E-state index in [2.05, 4.69) is 15.2 Å². The molecule has 1 fully saturated rings. The molecule has 1 aliphatic carbocycles. The molecule has 1 heterocycles. The predicted molar refractivity (Wildman–Crippen MR) is 110 cm³/mol. The molecule has 0 radical (unpaired) electrons. The van der Waals surface area contributed by atoms with Crippen molar-refractivity contribution in [3.63, 3.8) is 0 Å². The minimum absolute atomic E-state index is 0.0312. The Morgan fingerprint density at radius 1 is 1.03 bits per heavy atom. The van der Waals surface area contributed by atoms with Crippen molar-refractivity contribution < 1.29 is 53.8 Å². The van der Waals surface area contributed by atoms with Gasteiger partial charge >= 0.3 is 18.7 Å². The Morgan fingerprint density at radius 3 is 2.22 bits per heavy atom. The van der Waals surface area contributed by atoms with Crippen LogP contribution < -0.4 is 14.8 Å². The van der Waals surface area contributed by atoms with Crippen LogP contribution in [0.2, 0.25) is 0 Å². The van der Waals surface area contributed by atoms with E-state index in [1.165, 1.54) is 19.1 Å². The van der Waals surface area contributed by atoms with E-state index < -0.39 is 55.5 Å². The number of hydrogen-bond acceptors (Lipinski definition) is 4. The van der Waals surface area contributed by atoms with Gasteiger partial charge in [0.25, 0.3) is 5.91 Å². The number of nitrogens with one attached hydrogen (secondary N) is 1. The van der Waals surface area contributed by atoms with Gasteiger partial charge in [0, 0.05) is 17.8 Å². The van der Waals surface area contributed by atoms with Gasteiger partial charge in [-0.2, -0.15) is 31.4 Å². The van der Waals surface area contributed by atoms with Crippen molar-refractivity contribution in [2.75, 3.05) is 0 Å². The van der Waals surface area contributed by atoms with Gasteiger partial charge in [-0.25, -0.2) is 0 Å². The highest BCUT2D eigenvalue weighted by molar-refractivity contribution is 5.96. The van der Waals surface area contributed by atoms with Gasteiger partial charge in [0.2, 0.25) is 0 Å². The molecule has 0 saturated heterocycles. The molecule has 1 aliphatic rings. The second kappa shape index (κ2) is 10.7. The molecule has 1 saturated carbocycles. The van der Waals surface area contributed by atoms with Crippen molar-refractivity contribution in [1.82, 2.24) is 15.1 Å². The van der Waals surface area contributed by atoms with E-state index in [0.29, 0.717) is 4.68 Å². The number of carbonyl (C=O) groups excluding carboxylic acids is 1. The first-order chi connectivity index (χ1) is 17.0. The smallest absolute Gasteiger partial charge is 0.487 e. The molecule has 15 heteroatoms. The second-order valence-corrected chi connectivity index (χ2v) is 8.55. The molecule has 0 atom stereocenters. The summed E-state index contributed by atoms with van der Waals surface area (Å²) in [6.45, 7) is -0.884. The zero-order valence-corrected chi connectivity index (χ0v) is 19.2. The normalized spacial score (nSPS) is 19.0. The van der Waals surface area contributed by atoms with Crippen LogP contribution in [0.3, 0.4) is 0 Å². The van der Waals surface area contributed by atoms with Crippen molar-refractivity contribution in [2.24, 2.45) is 5.92 Å². The third-order valence-electron chi connectivity index (χ3n) is 5.78. The zero-order chi connectivity index (χ0) is 27.6. The van der Waals surface area contributed by atoms with Crippen molar-refractivity contribution in [3.8, 4) is 11.5 Å². The highest BCUT2D eigenvalue weighted by Gasteiger charge is 2.42. The summed E-state index contributed by atoms with van der Waals surface area (Å²) < 4.78 is 125. The number of halogens is 9. The van der Waals surface area contributed by atoms with Crippen molar-refractivity contribution in [3.05, 3.63) is 41.2 Å². The Hall–Kier alpha value is -3.13. The van der Waals surface area contributed by atoms with Gasteiger partial charge < -0.3 is 14.8 Å². The summed E-state index contributed by atoms with van der Waals surface area (Å²) in [7, 11) is 0. The molecule has 206 valence electrons. The fraction of sp³-hybridized carbons (Fsp3) is 0.545. The van der Waals surface area contributed by atoms with E-state index in [-0.39, 0.29) is 48.4 Å². The lowest BCUT2D eigenvalue weighted by Gasteiger charge is -2.30. The third-order valence-corrected chi connectivity index (χ3v) is 5.78. The van der Waals surface area contributed by atoms with Crippen LogP contribution >= 0.6 is 0 Å². The summed E-state index contributed by atoms with van der Waals surface area (Å²) in [6.07, 6.45) is -14.3. The molecular formula is C22H22F9N3O3. The molecule has 1 aromatic heterocycles. The van der Waals surface area contributed by atoms with Gasteiger partial charge in [0.1, 0.15) is 30.3 Å². The van der Waals surface area contributed by atoms with Gasteiger partial charge in [-0.05, 0) is 44.7 Å². The topological polar surface area (TPSA) is 65.4 Å². The van der Waals surface area contributed by atoms with Gasteiger partial charge in [-0.15, -0.1) is 13.2 Å². The van der Waals surface area contributed by atoms with Gasteiger partial charge in [-0.1, -0.05) is 6.07 Å². The Morgan fingerprint density at radius 2 is 1.65 bits per heavy atom. The minimum atomic E-state index is -4.96. The van der Waals surface area contributed by atoms with E-state index in [0.717, 1.165) is 12.1 Å². The summed E-state index contributed by atoms with van der Waals surface area (Å²) >= 11 is 0. The van der Waals surface area contributed by atoms with Gasteiger partial charge in [-0.3, -0.25) is 9.48 Å². The van der Waals surface area contributed by atoms with Gasteiger partial charge in [0.15, 0.2) is 0 Å². The summed E-state index contributed by atoms with van der Waals surface area (Å²) in [5, 5.41) is 6.36. The molecule has 6 nitrogen and oxygen atoms in total. The third kappa shape index (κ3) is 8.18. The predicted octanol–water partition coefficient (Wildman–Crippen LogP) is 6.08. The first-order valence-electron chi connectivity index (χ1n) is 11.0. The number of ether oxygens (including phenoxy) is 2. The zero-order valence-electron chi connectivity index (χ0n) is 19.2. The molecule has 1 N–H and O–H groups in total. The highest BCUT2D eigenvalue weighted by atomic mass is 19.4. The molecule has 1 aromatic carbocycles. The van der Waals surface area contributed by atoms with Crippen LogP contribution in [0.4, 0.5) is 39.5 Å². The van der Waals surface area contributed by atoms with Crippen LogP contribution in [0.15, 0.2) is 24.3 Å². The molecule has 37 heavy (non-hydrogen) atoms. The Kier molecular flexibility index (Phi) is 8.22. The highest BCUT2D eigenvalue weighted by Crippen LogP contribution is 2.37. The maximum Gasteiger partial charge on any atom is 0.573 e. The van der Waals surface area contributed by atoms with E-state index in [1.807, 2.05) is 0 Å². The minimum Gasteiger partial charge on any atom is -0.487 e. The van der Waals surface area contributed by atoms with E-state index >= 15 is 0 Å².